The Morgan fingerprint density at radius 3 is 2.42 bits per heavy atom. The summed E-state index contributed by atoms with van der Waals surface area (Å²) in [6.45, 7) is 5.82. The predicted octanol–water partition coefficient (Wildman–Crippen LogP) is 4.02. The zero-order chi connectivity index (χ0) is 18.5. The Balaban J connectivity index is 1.76. The van der Waals surface area contributed by atoms with Crippen molar-refractivity contribution in [2.75, 3.05) is 21.2 Å². The molecule has 0 amide bonds. The molecule has 4 nitrogen and oxygen atoms in total. The van der Waals surface area contributed by atoms with Gasteiger partial charge in [0.1, 0.15) is 5.75 Å². The number of ether oxygens (including phenoxy) is 1. The molecule has 3 aromatic rings. The van der Waals surface area contributed by atoms with Gasteiger partial charge >= 0.3 is 0 Å². The Kier molecular flexibility index (Phi) is 5.96. The summed E-state index contributed by atoms with van der Waals surface area (Å²) in [5, 5.41) is 4.89. The van der Waals surface area contributed by atoms with Gasteiger partial charge in [0.05, 0.1) is 7.11 Å². The first-order valence-electron chi connectivity index (χ1n) is 9.20. The van der Waals surface area contributed by atoms with Crippen molar-refractivity contribution >= 4 is 10.9 Å². The molecule has 3 rings (SSSR count). The second-order valence-corrected chi connectivity index (χ2v) is 6.93. The Morgan fingerprint density at radius 1 is 1.00 bits per heavy atom. The summed E-state index contributed by atoms with van der Waals surface area (Å²) >= 11 is 0. The molecule has 0 aliphatic rings. The minimum Gasteiger partial charge on any atom is -0.497 e. The zero-order valence-corrected chi connectivity index (χ0v) is 16.2. The van der Waals surface area contributed by atoms with E-state index in [9.17, 15) is 0 Å². The van der Waals surface area contributed by atoms with Gasteiger partial charge in [-0.15, -0.1) is 0 Å². The number of benzene rings is 2. The lowest BCUT2D eigenvalue weighted by Crippen LogP contribution is -2.17. The van der Waals surface area contributed by atoms with Gasteiger partial charge in [-0.05, 0) is 55.9 Å². The highest BCUT2D eigenvalue weighted by atomic mass is 16.5. The van der Waals surface area contributed by atoms with Gasteiger partial charge in [0.25, 0.3) is 0 Å². The van der Waals surface area contributed by atoms with Crippen LogP contribution in [0, 0.1) is 0 Å². The number of rotatable bonds is 8. The average Bonchev–Trinajstić information content (AvgIpc) is 3.00. The van der Waals surface area contributed by atoms with Crippen LogP contribution >= 0.6 is 0 Å². The summed E-state index contributed by atoms with van der Waals surface area (Å²) in [5.41, 5.74) is 5.31. The first kappa shape index (κ1) is 18.5. The average molecular weight is 351 g/mol. The lowest BCUT2D eigenvalue weighted by atomic mass is 10.1. The Labute approximate surface area is 156 Å². The number of hydrogen-bond acceptors (Lipinski definition) is 3. The SMILES string of the molecule is CCn1cc(CNCc2ccccc2CN(C)C)c2cc(OC)ccc21. The standard InChI is InChI=1S/C22H29N3O/c1-5-25-16-19(21-12-20(26-4)10-11-22(21)25)14-23-13-17-8-6-7-9-18(17)15-24(2)3/h6-12,16,23H,5,13-15H2,1-4H3. The second-order valence-electron chi connectivity index (χ2n) is 6.93. The van der Waals surface area contributed by atoms with E-state index in [0.717, 1.165) is 31.9 Å². The molecule has 26 heavy (non-hydrogen) atoms. The molecule has 1 aromatic heterocycles. The van der Waals surface area contributed by atoms with Gasteiger partial charge in [0, 0.05) is 43.3 Å². The number of hydrogen-bond donors (Lipinski definition) is 1. The van der Waals surface area contributed by atoms with Gasteiger partial charge in [-0.1, -0.05) is 24.3 Å². The van der Waals surface area contributed by atoms with Crippen LogP contribution in [-0.2, 0) is 26.2 Å². The maximum atomic E-state index is 5.41. The van der Waals surface area contributed by atoms with E-state index in [1.807, 2.05) is 6.07 Å². The summed E-state index contributed by atoms with van der Waals surface area (Å²) < 4.78 is 7.71. The highest BCUT2D eigenvalue weighted by Gasteiger charge is 2.09. The monoisotopic (exact) mass is 351 g/mol. The lowest BCUT2D eigenvalue weighted by molar-refractivity contribution is 0.400. The fourth-order valence-electron chi connectivity index (χ4n) is 3.44. The van der Waals surface area contributed by atoms with Gasteiger partial charge in [-0.3, -0.25) is 0 Å². The molecule has 0 saturated heterocycles. The van der Waals surface area contributed by atoms with Crippen LogP contribution in [0.5, 0.6) is 5.75 Å². The maximum absolute atomic E-state index is 5.41. The van der Waals surface area contributed by atoms with Crippen LogP contribution in [0.25, 0.3) is 10.9 Å². The van der Waals surface area contributed by atoms with Crippen molar-refractivity contribution in [1.82, 2.24) is 14.8 Å². The summed E-state index contributed by atoms with van der Waals surface area (Å²) in [5.74, 6) is 0.906. The Hall–Kier alpha value is -2.30. The van der Waals surface area contributed by atoms with Gasteiger partial charge < -0.3 is 19.5 Å². The summed E-state index contributed by atoms with van der Waals surface area (Å²) in [4.78, 5) is 2.21. The molecular formula is C22H29N3O. The van der Waals surface area contributed by atoms with Gasteiger partial charge in [0.15, 0.2) is 0 Å². The third-order valence-electron chi connectivity index (χ3n) is 4.75. The Bertz CT molecular complexity index is 867. The topological polar surface area (TPSA) is 29.4 Å². The van der Waals surface area contributed by atoms with E-state index in [2.05, 4.69) is 78.4 Å². The van der Waals surface area contributed by atoms with Crippen LogP contribution in [0.2, 0.25) is 0 Å². The van der Waals surface area contributed by atoms with Crippen LogP contribution in [0.1, 0.15) is 23.6 Å². The van der Waals surface area contributed by atoms with Crippen molar-refractivity contribution < 1.29 is 4.74 Å². The number of methoxy groups -OCH3 is 1. The minimum atomic E-state index is 0.840. The molecule has 0 unspecified atom stereocenters. The predicted molar refractivity (Wildman–Crippen MR) is 109 cm³/mol. The first-order chi connectivity index (χ1) is 12.6. The van der Waals surface area contributed by atoms with E-state index in [1.54, 1.807) is 7.11 Å². The van der Waals surface area contributed by atoms with Crippen LogP contribution in [0.15, 0.2) is 48.7 Å². The van der Waals surface area contributed by atoms with E-state index in [-0.39, 0.29) is 0 Å². The van der Waals surface area contributed by atoms with E-state index >= 15 is 0 Å². The number of aryl methyl sites for hydroxylation is 1. The van der Waals surface area contributed by atoms with Crippen LogP contribution in [0.4, 0.5) is 0 Å². The number of nitrogens with one attached hydrogen (secondary N) is 1. The summed E-state index contributed by atoms with van der Waals surface area (Å²) in [6, 6.07) is 15.0. The number of fused-ring (bicyclic) bond motifs is 1. The van der Waals surface area contributed by atoms with E-state index in [1.165, 1.54) is 27.6 Å². The fraction of sp³-hybridized carbons (Fsp3) is 0.364. The van der Waals surface area contributed by atoms with Gasteiger partial charge in [-0.2, -0.15) is 0 Å². The minimum absolute atomic E-state index is 0.840. The molecule has 0 bridgehead atoms. The van der Waals surface area contributed by atoms with Crippen molar-refractivity contribution in [3.8, 4) is 5.75 Å². The van der Waals surface area contributed by atoms with Crippen LogP contribution < -0.4 is 10.1 Å². The van der Waals surface area contributed by atoms with Crippen molar-refractivity contribution in [1.29, 1.82) is 0 Å². The lowest BCUT2D eigenvalue weighted by Gasteiger charge is -2.14. The second kappa shape index (κ2) is 8.39. The molecule has 0 atom stereocenters. The smallest absolute Gasteiger partial charge is 0.119 e. The summed E-state index contributed by atoms with van der Waals surface area (Å²) in [7, 11) is 5.94. The molecule has 0 spiro atoms. The highest BCUT2D eigenvalue weighted by Crippen LogP contribution is 2.26. The Morgan fingerprint density at radius 2 is 1.73 bits per heavy atom. The molecule has 0 fully saturated rings. The molecule has 0 saturated carbocycles. The molecule has 0 radical (unpaired) electrons. The van der Waals surface area contributed by atoms with Crippen molar-refractivity contribution in [3.05, 3.63) is 65.4 Å². The van der Waals surface area contributed by atoms with E-state index in [4.69, 9.17) is 4.74 Å². The first-order valence-corrected chi connectivity index (χ1v) is 9.20. The van der Waals surface area contributed by atoms with Crippen molar-refractivity contribution in [3.63, 3.8) is 0 Å². The summed E-state index contributed by atoms with van der Waals surface area (Å²) in [6.07, 6.45) is 2.25. The molecule has 1 heterocycles. The van der Waals surface area contributed by atoms with Crippen LogP contribution in [0.3, 0.4) is 0 Å². The van der Waals surface area contributed by atoms with E-state index < -0.39 is 0 Å². The fourth-order valence-corrected chi connectivity index (χ4v) is 3.44. The highest BCUT2D eigenvalue weighted by molar-refractivity contribution is 5.85. The molecule has 2 aromatic carbocycles. The van der Waals surface area contributed by atoms with Crippen molar-refractivity contribution in [2.45, 2.75) is 33.1 Å². The zero-order valence-electron chi connectivity index (χ0n) is 16.2. The van der Waals surface area contributed by atoms with Gasteiger partial charge in [0.2, 0.25) is 0 Å². The third kappa shape index (κ3) is 4.09. The largest absolute Gasteiger partial charge is 0.497 e. The molecule has 0 aliphatic heterocycles. The van der Waals surface area contributed by atoms with Gasteiger partial charge in [-0.25, -0.2) is 0 Å². The molecule has 0 aliphatic carbocycles. The molecule has 4 heteroatoms. The number of aromatic nitrogens is 1. The van der Waals surface area contributed by atoms with Crippen molar-refractivity contribution in [2.24, 2.45) is 0 Å². The maximum Gasteiger partial charge on any atom is 0.119 e. The molecular weight excluding hydrogens is 322 g/mol. The van der Waals surface area contributed by atoms with Crippen LogP contribution in [-0.4, -0.2) is 30.7 Å². The molecule has 138 valence electrons. The quantitative estimate of drug-likeness (QED) is 0.665. The number of nitrogens with zero attached hydrogens (tertiary/aromatic N) is 2. The third-order valence-corrected chi connectivity index (χ3v) is 4.75. The van der Waals surface area contributed by atoms with E-state index in [0.29, 0.717) is 0 Å². The molecule has 1 N–H and O–H groups in total. The normalized spacial score (nSPS) is 11.4.